The maximum absolute atomic E-state index is 12.2. The molecule has 0 unspecified atom stereocenters. The Morgan fingerprint density at radius 1 is 1.11 bits per heavy atom. The Hall–Kier alpha value is -3.61. The minimum Gasteiger partial charge on any atom is -0.438 e. The average molecular weight is 378 g/mol. The molecular weight excluding hydrogens is 356 g/mol. The number of aromatic nitrogens is 2. The standard InChI is InChI=1S/C21H22N4O3/c1-14(22-21(27)16-6-4-3-5-7-16)12-19(26)23-17-8-10-18(11-9-17)28-20-13-15(2)24-25-20/h3-11,13-14H,12H2,1-2H3,(H,22,27)(H,23,26)(H,24,25)/t14-/m1/s1. The quantitative estimate of drug-likeness (QED) is 0.585. The van der Waals surface area contributed by atoms with E-state index in [0.717, 1.165) is 5.69 Å². The van der Waals surface area contributed by atoms with Gasteiger partial charge in [0.15, 0.2) is 0 Å². The van der Waals surface area contributed by atoms with Crippen molar-refractivity contribution in [3.05, 3.63) is 71.9 Å². The van der Waals surface area contributed by atoms with Crippen molar-refractivity contribution in [3.8, 4) is 11.6 Å². The summed E-state index contributed by atoms with van der Waals surface area (Å²) in [6, 6.07) is 17.4. The molecule has 0 aliphatic heterocycles. The molecule has 0 bridgehead atoms. The highest BCUT2D eigenvalue weighted by Gasteiger charge is 2.13. The number of rotatable bonds is 7. The molecule has 0 spiro atoms. The predicted octanol–water partition coefficient (Wildman–Crippen LogP) is 3.66. The van der Waals surface area contributed by atoms with E-state index in [0.29, 0.717) is 22.9 Å². The summed E-state index contributed by atoms with van der Waals surface area (Å²) in [5.74, 6) is 0.721. The topological polar surface area (TPSA) is 96.1 Å². The number of carbonyl (C=O) groups excluding carboxylic acids is 2. The lowest BCUT2D eigenvalue weighted by molar-refractivity contribution is -0.116. The number of hydrogen-bond donors (Lipinski definition) is 3. The monoisotopic (exact) mass is 378 g/mol. The number of carbonyl (C=O) groups is 2. The molecule has 1 atom stereocenters. The highest BCUT2D eigenvalue weighted by Crippen LogP contribution is 2.21. The van der Waals surface area contributed by atoms with Crippen LogP contribution in [0, 0.1) is 6.92 Å². The van der Waals surface area contributed by atoms with Crippen molar-refractivity contribution in [3.63, 3.8) is 0 Å². The summed E-state index contributed by atoms with van der Waals surface area (Å²) in [4.78, 5) is 24.3. The Labute approximate surface area is 163 Å². The largest absolute Gasteiger partial charge is 0.438 e. The highest BCUT2D eigenvalue weighted by molar-refractivity contribution is 5.95. The third-order valence-electron chi connectivity index (χ3n) is 3.95. The van der Waals surface area contributed by atoms with Crippen LogP contribution in [0.3, 0.4) is 0 Å². The molecule has 0 aliphatic rings. The molecule has 7 heteroatoms. The van der Waals surface area contributed by atoms with Crippen molar-refractivity contribution in [2.45, 2.75) is 26.3 Å². The van der Waals surface area contributed by atoms with Gasteiger partial charge in [-0.2, -0.15) is 0 Å². The van der Waals surface area contributed by atoms with Crippen molar-refractivity contribution in [2.75, 3.05) is 5.32 Å². The molecule has 1 aromatic heterocycles. The zero-order valence-electron chi connectivity index (χ0n) is 15.7. The smallest absolute Gasteiger partial charge is 0.251 e. The van der Waals surface area contributed by atoms with Crippen LogP contribution in [-0.2, 0) is 4.79 Å². The van der Waals surface area contributed by atoms with Crippen LogP contribution in [0.1, 0.15) is 29.4 Å². The number of H-pyrrole nitrogens is 1. The number of hydrogen-bond acceptors (Lipinski definition) is 4. The van der Waals surface area contributed by atoms with Gasteiger partial charge in [0.2, 0.25) is 11.8 Å². The van der Waals surface area contributed by atoms with E-state index in [1.807, 2.05) is 13.0 Å². The van der Waals surface area contributed by atoms with Crippen LogP contribution in [0.25, 0.3) is 0 Å². The van der Waals surface area contributed by atoms with Crippen molar-refractivity contribution >= 4 is 17.5 Å². The van der Waals surface area contributed by atoms with Gasteiger partial charge in [-0.25, -0.2) is 0 Å². The van der Waals surface area contributed by atoms with Gasteiger partial charge in [-0.3, -0.25) is 14.7 Å². The van der Waals surface area contributed by atoms with E-state index in [-0.39, 0.29) is 24.3 Å². The SMILES string of the molecule is Cc1cc(Oc2ccc(NC(=O)C[C@@H](C)NC(=O)c3ccccc3)cc2)n[nH]1. The number of anilines is 1. The van der Waals surface area contributed by atoms with E-state index in [1.165, 1.54) is 0 Å². The lowest BCUT2D eigenvalue weighted by Crippen LogP contribution is -2.35. The van der Waals surface area contributed by atoms with E-state index in [1.54, 1.807) is 61.5 Å². The second-order valence-corrected chi connectivity index (χ2v) is 6.51. The molecule has 3 rings (SSSR count). The Balaban J connectivity index is 1.48. The number of nitrogens with one attached hydrogen (secondary N) is 3. The second-order valence-electron chi connectivity index (χ2n) is 6.51. The lowest BCUT2D eigenvalue weighted by atomic mass is 10.1. The van der Waals surface area contributed by atoms with Gasteiger partial charge in [-0.15, -0.1) is 5.10 Å². The van der Waals surface area contributed by atoms with Gasteiger partial charge in [-0.1, -0.05) is 18.2 Å². The van der Waals surface area contributed by atoms with Gasteiger partial charge < -0.3 is 15.4 Å². The molecule has 0 saturated heterocycles. The zero-order valence-corrected chi connectivity index (χ0v) is 15.7. The minimum atomic E-state index is -0.293. The summed E-state index contributed by atoms with van der Waals surface area (Å²) >= 11 is 0. The number of aryl methyl sites for hydroxylation is 1. The van der Waals surface area contributed by atoms with Crippen molar-refractivity contribution in [1.82, 2.24) is 15.5 Å². The van der Waals surface area contributed by atoms with Crippen molar-refractivity contribution in [2.24, 2.45) is 0 Å². The van der Waals surface area contributed by atoms with Gasteiger partial charge in [0, 0.05) is 35.5 Å². The fourth-order valence-corrected chi connectivity index (χ4v) is 2.61. The average Bonchev–Trinajstić information content (AvgIpc) is 3.08. The Kier molecular flexibility index (Phi) is 6.06. The summed E-state index contributed by atoms with van der Waals surface area (Å²) in [5.41, 5.74) is 2.13. The summed E-state index contributed by atoms with van der Waals surface area (Å²) < 4.78 is 5.61. The number of aromatic amines is 1. The van der Waals surface area contributed by atoms with Crippen LogP contribution < -0.4 is 15.4 Å². The molecule has 0 radical (unpaired) electrons. The Bertz CT molecular complexity index is 936. The molecule has 0 aliphatic carbocycles. The first-order chi connectivity index (χ1) is 13.5. The van der Waals surface area contributed by atoms with E-state index in [2.05, 4.69) is 20.8 Å². The zero-order chi connectivity index (χ0) is 19.9. The van der Waals surface area contributed by atoms with Gasteiger partial charge in [-0.05, 0) is 50.2 Å². The normalized spacial score (nSPS) is 11.5. The van der Waals surface area contributed by atoms with Crippen LogP contribution in [0.4, 0.5) is 5.69 Å². The third-order valence-corrected chi connectivity index (χ3v) is 3.95. The first kappa shape index (κ1) is 19.2. The maximum atomic E-state index is 12.2. The number of benzene rings is 2. The molecule has 2 aromatic carbocycles. The fraction of sp³-hybridized carbons (Fsp3) is 0.190. The van der Waals surface area contributed by atoms with Crippen molar-refractivity contribution < 1.29 is 14.3 Å². The van der Waals surface area contributed by atoms with Gasteiger partial charge in [0.05, 0.1) is 0 Å². The third kappa shape index (κ3) is 5.44. The molecule has 3 N–H and O–H groups in total. The van der Waals surface area contributed by atoms with Gasteiger partial charge in [0.1, 0.15) is 5.75 Å². The fourth-order valence-electron chi connectivity index (χ4n) is 2.61. The van der Waals surface area contributed by atoms with E-state index >= 15 is 0 Å². The number of nitrogens with zero attached hydrogens (tertiary/aromatic N) is 1. The maximum Gasteiger partial charge on any atom is 0.251 e. The second kappa shape index (κ2) is 8.85. The summed E-state index contributed by atoms with van der Waals surface area (Å²) in [5, 5.41) is 12.4. The van der Waals surface area contributed by atoms with Crippen LogP contribution in [-0.4, -0.2) is 28.1 Å². The molecular formula is C21H22N4O3. The number of amides is 2. The molecule has 7 nitrogen and oxygen atoms in total. The first-order valence-electron chi connectivity index (χ1n) is 8.95. The first-order valence-corrected chi connectivity index (χ1v) is 8.95. The lowest BCUT2D eigenvalue weighted by Gasteiger charge is -2.14. The van der Waals surface area contributed by atoms with Gasteiger partial charge in [0.25, 0.3) is 5.91 Å². The highest BCUT2D eigenvalue weighted by atomic mass is 16.5. The number of ether oxygens (including phenoxy) is 1. The molecule has 0 saturated carbocycles. The molecule has 2 amide bonds. The summed E-state index contributed by atoms with van der Waals surface area (Å²) in [6.45, 7) is 3.69. The van der Waals surface area contributed by atoms with Crippen LogP contribution in [0.2, 0.25) is 0 Å². The van der Waals surface area contributed by atoms with Crippen LogP contribution in [0.5, 0.6) is 11.6 Å². The minimum absolute atomic E-state index is 0.170. The summed E-state index contributed by atoms with van der Waals surface area (Å²) in [7, 11) is 0. The predicted molar refractivity (Wildman–Crippen MR) is 106 cm³/mol. The van der Waals surface area contributed by atoms with E-state index in [4.69, 9.17) is 4.74 Å². The molecule has 1 heterocycles. The molecule has 28 heavy (non-hydrogen) atoms. The van der Waals surface area contributed by atoms with E-state index < -0.39 is 0 Å². The Morgan fingerprint density at radius 3 is 2.46 bits per heavy atom. The van der Waals surface area contributed by atoms with Gasteiger partial charge >= 0.3 is 0 Å². The molecule has 144 valence electrons. The van der Waals surface area contributed by atoms with E-state index in [9.17, 15) is 9.59 Å². The summed E-state index contributed by atoms with van der Waals surface area (Å²) in [6.07, 6.45) is 0.170. The van der Waals surface area contributed by atoms with Crippen molar-refractivity contribution in [1.29, 1.82) is 0 Å². The van der Waals surface area contributed by atoms with Crippen LogP contribution >= 0.6 is 0 Å². The Morgan fingerprint density at radius 2 is 1.82 bits per heavy atom. The molecule has 0 fully saturated rings. The molecule has 3 aromatic rings. The van der Waals surface area contributed by atoms with Crippen LogP contribution in [0.15, 0.2) is 60.7 Å².